The van der Waals surface area contributed by atoms with Crippen LogP contribution in [-0.2, 0) is 16.6 Å². The number of benzene rings is 1. The molecule has 3 atom stereocenters. The molecule has 1 aromatic rings. The number of likely N-dealkylation sites (N-methyl/N-ethyl adjacent to an activating group) is 1. The van der Waals surface area contributed by atoms with Gasteiger partial charge in [0.25, 0.3) is 0 Å². The van der Waals surface area contributed by atoms with Crippen molar-refractivity contribution in [2.24, 2.45) is 0 Å². The Bertz CT molecular complexity index is 669. The van der Waals surface area contributed by atoms with Gasteiger partial charge < -0.3 is 14.2 Å². The molecule has 0 radical (unpaired) electrons. The summed E-state index contributed by atoms with van der Waals surface area (Å²) in [6.45, 7) is 3.96. The van der Waals surface area contributed by atoms with E-state index < -0.39 is 0 Å². The van der Waals surface area contributed by atoms with E-state index in [4.69, 9.17) is 14.2 Å². The van der Waals surface area contributed by atoms with Crippen LogP contribution in [0.1, 0.15) is 24.5 Å². The van der Waals surface area contributed by atoms with E-state index in [0.29, 0.717) is 12.6 Å². The van der Waals surface area contributed by atoms with Crippen LogP contribution in [0, 0.1) is 0 Å². The quantitative estimate of drug-likeness (QED) is 0.802. The fraction of sp³-hybridized carbons (Fsp3) is 0.579. The van der Waals surface area contributed by atoms with Crippen LogP contribution in [0.15, 0.2) is 23.8 Å². The van der Waals surface area contributed by atoms with E-state index in [9.17, 15) is 0 Å². The molecule has 124 valence electrons. The molecule has 1 aromatic carbocycles. The average molecular weight is 315 g/mol. The summed E-state index contributed by atoms with van der Waals surface area (Å²) in [5.74, 6) is 1.82. The second kappa shape index (κ2) is 5.25. The first-order valence-corrected chi connectivity index (χ1v) is 8.40. The van der Waals surface area contributed by atoms with E-state index in [1.807, 2.05) is 0 Å². The molecule has 3 unspecified atom stereocenters. The molecular weight excluding hydrogens is 290 g/mol. The summed E-state index contributed by atoms with van der Waals surface area (Å²) in [5.41, 5.74) is 4.24. The molecule has 3 aliphatic rings. The SMILES string of the molecule is COC/C=C1/C2Cc3ccc(OC)c4c3C1(CCN2C)C(C)O4. The van der Waals surface area contributed by atoms with Gasteiger partial charge in [0.2, 0.25) is 0 Å². The lowest BCUT2D eigenvalue weighted by Crippen LogP contribution is -2.56. The standard InChI is InChI=1S/C19H25NO3/c1-12-19-8-9-20(2)15(14(19)7-10-21-3)11-13-5-6-16(22-4)18(23-12)17(13)19/h5-7,12,15H,8-11H2,1-4H3/b14-7-. The predicted octanol–water partition coefficient (Wildman–Crippen LogP) is 2.55. The second-order valence-corrected chi connectivity index (χ2v) is 6.93. The molecule has 2 bridgehead atoms. The van der Waals surface area contributed by atoms with Crippen LogP contribution in [0.4, 0.5) is 0 Å². The van der Waals surface area contributed by atoms with Gasteiger partial charge in [-0.1, -0.05) is 12.1 Å². The zero-order chi connectivity index (χ0) is 16.2. The van der Waals surface area contributed by atoms with Crippen LogP contribution in [-0.4, -0.2) is 51.5 Å². The maximum Gasteiger partial charge on any atom is 0.166 e. The zero-order valence-corrected chi connectivity index (χ0v) is 14.4. The minimum atomic E-state index is -0.0207. The topological polar surface area (TPSA) is 30.9 Å². The molecule has 0 N–H and O–H groups in total. The highest BCUT2D eigenvalue weighted by atomic mass is 16.5. The van der Waals surface area contributed by atoms with Crippen molar-refractivity contribution < 1.29 is 14.2 Å². The van der Waals surface area contributed by atoms with E-state index >= 15 is 0 Å². The molecule has 1 aliphatic carbocycles. The van der Waals surface area contributed by atoms with Gasteiger partial charge in [-0.2, -0.15) is 0 Å². The van der Waals surface area contributed by atoms with Crippen LogP contribution in [0.25, 0.3) is 0 Å². The summed E-state index contributed by atoms with van der Waals surface area (Å²) < 4.78 is 17.3. The van der Waals surface area contributed by atoms with Gasteiger partial charge >= 0.3 is 0 Å². The molecule has 2 aliphatic heterocycles. The Morgan fingerprint density at radius 3 is 2.96 bits per heavy atom. The third kappa shape index (κ3) is 1.85. The number of piperidine rings is 1. The summed E-state index contributed by atoms with van der Waals surface area (Å²) in [4.78, 5) is 2.48. The van der Waals surface area contributed by atoms with E-state index in [2.05, 4.69) is 37.1 Å². The van der Waals surface area contributed by atoms with E-state index in [-0.39, 0.29) is 11.5 Å². The summed E-state index contributed by atoms with van der Waals surface area (Å²) in [5, 5.41) is 0. The fourth-order valence-electron chi connectivity index (χ4n) is 4.88. The van der Waals surface area contributed by atoms with Gasteiger partial charge in [0.1, 0.15) is 6.10 Å². The van der Waals surface area contributed by atoms with Gasteiger partial charge in [-0.05, 0) is 50.6 Å². The number of fused-ring (bicyclic) bond motifs is 1. The molecule has 0 amide bonds. The number of nitrogens with zero attached hydrogens (tertiary/aromatic N) is 1. The maximum absolute atomic E-state index is 6.35. The normalized spacial score (nSPS) is 33.5. The molecule has 0 saturated carbocycles. The largest absolute Gasteiger partial charge is 0.493 e. The third-order valence-electron chi connectivity index (χ3n) is 6.01. The fourth-order valence-corrected chi connectivity index (χ4v) is 4.88. The molecule has 4 rings (SSSR count). The van der Waals surface area contributed by atoms with Gasteiger partial charge in [0.15, 0.2) is 11.5 Å². The van der Waals surface area contributed by atoms with Crippen molar-refractivity contribution in [3.8, 4) is 11.5 Å². The van der Waals surface area contributed by atoms with Crippen molar-refractivity contribution in [3.05, 3.63) is 34.9 Å². The second-order valence-electron chi connectivity index (χ2n) is 6.93. The molecule has 4 heteroatoms. The molecule has 1 fully saturated rings. The molecular formula is C19H25NO3. The lowest BCUT2D eigenvalue weighted by molar-refractivity contribution is 0.103. The third-order valence-corrected chi connectivity index (χ3v) is 6.01. The van der Waals surface area contributed by atoms with E-state index in [1.54, 1.807) is 14.2 Å². The van der Waals surface area contributed by atoms with Crippen LogP contribution in [0.3, 0.4) is 0 Å². The summed E-state index contributed by atoms with van der Waals surface area (Å²) >= 11 is 0. The maximum atomic E-state index is 6.35. The molecule has 1 saturated heterocycles. The van der Waals surface area contributed by atoms with Crippen molar-refractivity contribution in [2.75, 3.05) is 34.4 Å². The van der Waals surface area contributed by atoms with Gasteiger partial charge in [-0.3, -0.25) is 4.90 Å². The summed E-state index contributed by atoms with van der Waals surface area (Å²) in [6.07, 6.45) is 4.55. The van der Waals surface area contributed by atoms with E-state index in [1.165, 1.54) is 16.7 Å². The minimum Gasteiger partial charge on any atom is -0.493 e. The lowest BCUT2D eigenvalue weighted by atomic mass is 9.59. The number of methoxy groups -OCH3 is 2. The number of likely N-dealkylation sites (tertiary alicyclic amines) is 1. The molecule has 23 heavy (non-hydrogen) atoms. The van der Waals surface area contributed by atoms with Gasteiger partial charge in [-0.15, -0.1) is 0 Å². The lowest BCUT2D eigenvalue weighted by Gasteiger charge is -2.51. The van der Waals surface area contributed by atoms with Crippen molar-refractivity contribution in [3.63, 3.8) is 0 Å². The molecule has 0 aromatic heterocycles. The van der Waals surface area contributed by atoms with Gasteiger partial charge in [-0.25, -0.2) is 0 Å². The van der Waals surface area contributed by atoms with Gasteiger partial charge in [0, 0.05) is 18.7 Å². The van der Waals surface area contributed by atoms with Crippen LogP contribution >= 0.6 is 0 Å². The Kier molecular flexibility index (Phi) is 3.43. The molecule has 1 spiro atoms. The smallest absolute Gasteiger partial charge is 0.166 e. The molecule has 4 nitrogen and oxygen atoms in total. The number of hydrogen-bond donors (Lipinski definition) is 0. The van der Waals surface area contributed by atoms with Crippen molar-refractivity contribution in [1.82, 2.24) is 4.90 Å². The highest BCUT2D eigenvalue weighted by Gasteiger charge is 2.58. The van der Waals surface area contributed by atoms with Crippen LogP contribution in [0.2, 0.25) is 0 Å². The highest BCUT2D eigenvalue weighted by molar-refractivity contribution is 5.64. The van der Waals surface area contributed by atoms with Crippen LogP contribution in [0.5, 0.6) is 11.5 Å². The van der Waals surface area contributed by atoms with Crippen molar-refractivity contribution in [2.45, 2.75) is 37.3 Å². The zero-order valence-electron chi connectivity index (χ0n) is 14.4. The Balaban J connectivity index is 1.97. The first kappa shape index (κ1) is 15.0. The Morgan fingerprint density at radius 2 is 2.22 bits per heavy atom. The Hall–Kier alpha value is -1.52. The number of rotatable bonds is 3. The first-order valence-electron chi connectivity index (χ1n) is 8.40. The van der Waals surface area contributed by atoms with Gasteiger partial charge in [0.05, 0.1) is 19.1 Å². The minimum absolute atomic E-state index is 0.0207. The first-order chi connectivity index (χ1) is 11.1. The monoisotopic (exact) mass is 315 g/mol. The predicted molar refractivity (Wildman–Crippen MR) is 89.5 cm³/mol. The highest BCUT2D eigenvalue weighted by Crippen LogP contribution is 2.59. The number of hydrogen-bond acceptors (Lipinski definition) is 4. The Morgan fingerprint density at radius 1 is 1.39 bits per heavy atom. The average Bonchev–Trinajstić information content (AvgIpc) is 2.85. The van der Waals surface area contributed by atoms with Crippen LogP contribution < -0.4 is 9.47 Å². The Labute approximate surface area is 138 Å². The summed E-state index contributed by atoms with van der Waals surface area (Å²) in [6, 6.07) is 4.73. The molecule has 2 heterocycles. The number of ether oxygens (including phenoxy) is 3. The summed E-state index contributed by atoms with van der Waals surface area (Å²) in [7, 11) is 5.71. The van der Waals surface area contributed by atoms with Crippen molar-refractivity contribution >= 4 is 0 Å². The van der Waals surface area contributed by atoms with E-state index in [0.717, 1.165) is 30.9 Å². The van der Waals surface area contributed by atoms with Crippen molar-refractivity contribution in [1.29, 1.82) is 0 Å².